The first-order chi connectivity index (χ1) is 11.0. The summed E-state index contributed by atoms with van der Waals surface area (Å²) in [5.74, 6) is 1.97. The van der Waals surface area contributed by atoms with Gasteiger partial charge in [0.1, 0.15) is 5.75 Å². The molecular weight excluding hydrogens is 358 g/mol. The first-order valence-corrected chi connectivity index (χ1v) is 9.14. The van der Waals surface area contributed by atoms with Crippen LogP contribution in [0.1, 0.15) is 42.5 Å². The second-order valence-electron chi connectivity index (χ2n) is 7.51. The molecule has 0 heterocycles. The lowest BCUT2D eigenvalue weighted by Crippen LogP contribution is -2.61. The highest BCUT2D eigenvalue weighted by atomic mass is 79.9. The Morgan fingerprint density at radius 1 is 1.30 bits per heavy atom. The average Bonchev–Trinajstić information content (AvgIpc) is 2.48. The van der Waals surface area contributed by atoms with Gasteiger partial charge in [-0.2, -0.15) is 0 Å². The molecule has 4 nitrogen and oxygen atoms in total. The Balaban J connectivity index is 1.55. The van der Waals surface area contributed by atoms with E-state index in [1.807, 2.05) is 12.1 Å². The summed E-state index contributed by atoms with van der Waals surface area (Å²) in [5, 5.41) is 13.9. The Labute approximate surface area is 144 Å². The molecule has 4 bridgehead atoms. The van der Waals surface area contributed by atoms with Crippen LogP contribution in [0.4, 0.5) is 0 Å². The predicted molar refractivity (Wildman–Crippen MR) is 90.5 cm³/mol. The fraction of sp³-hybridized carbons (Fsp3) is 0.611. The lowest BCUT2D eigenvalue weighted by atomic mass is 9.52. The van der Waals surface area contributed by atoms with Gasteiger partial charge in [-0.15, -0.1) is 0 Å². The van der Waals surface area contributed by atoms with E-state index >= 15 is 0 Å². The number of ether oxygens (including phenoxy) is 1. The van der Waals surface area contributed by atoms with Crippen LogP contribution in [0.15, 0.2) is 22.7 Å². The Bertz CT molecular complexity index is 631. The van der Waals surface area contributed by atoms with E-state index in [4.69, 9.17) is 4.74 Å². The van der Waals surface area contributed by atoms with Crippen LogP contribution >= 0.6 is 15.9 Å². The van der Waals surface area contributed by atoms with Crippen LogP contribution in [0.25, 0.3) is 0 Å². The van der Waals surface area contributed by atoms with Crippen molar-refractivity contribution in [3.8, 4) is 5.75 Å². The number of nitrogens with one attached hydrogen (secondary N) is 1. The molecule has 2 unspecified atom stereocenters. The van der Waals surface area contributed by atoms with Gasteiger partial charge in [0.05, 0.1) is 22.7 Å². The molecule has 2 N–H and O–H groups in total. The van der Waals surface area contributed by atoms with Gasteiger partial charge in [-0.05, 0) is 77.9 Å². The molecule has 5 rings (SSSR count). The van der Waals surface area contributed by atoms with Crippen molar-refractivity contribution in [3.05, 3.63) is 28.2 Å². The SMILES string of the molecule is COc1c(Br)cccc1C(=O)N[C@H]1C2CC3CC1C[C@](O)(C3)C2. The summed E-state index contributed by atoms with van der Waals surface area (Å²) in [5.41, 5.74) is 0.0972. The Morgan fingerprint density at radius 3 is 2.61 bits per heavy atom. The second-order valence-corrected chi connectivity index (χ2v) is 8.37. The maximum atomic E-state index is 12.8. The van der Waals surface area contributed by atoms with Gasteiger partial charge >= 0.3 is 0 Å². The fourth-order valence-corrected chi connectivity index (χ4v) is 5.87. The van der Waals surface area contributed by atoms with E-state index in [9.17, 15) is 9.90 Å². The topological polar surface area (TPSA) is 58.6 Å². The Morgan fingerprint density at radius 2 is 2.00 bits per heavy atom. The summed E-state index contributed by atoms with van der Waals surface area (Å²) in [6.07, 6.45) is 4.90. The zero-order valence-electron chi connectivity index (χ0n) is 13.2. The van der Waals surface area contributed by atoms with E-state index in [0.29, 0.717) is 29.1 Å². The molecule has 4 fully saturated rings. The molecule has 4 aliphatic carbocycles. The summed E-state index contributed by atoms with van der Waals surface area (Å²) in [6.45, 7) is 0. The molecule has 124 valence electrons. The first kappa shape index (κ1) is 15.5. The molecule has 2 atom stereocenters. The minimum absolute atomic E-state index is 0.0763. The summed E-state index contributed by atoms with van der Waals surface area (Å²) < 4.78 is 6.16. The largest absolute Gasteiger partial charge is 0.495 e. The number of carbonyl (C=O) groups excluding carboxylic acids is 1. The lowest BCUT2D eigenvalue weighted by molar-refractivity contribution is -0.136. The molecule has 0 aromatic heterocycles. The van der Waals surface area contributed by atoms with Gasteiger partial charge in [-0.1, -0.05) is 6.07 Å². The van der Waals surface area contributed by atoms with E-state index in [-0.39, 0.29) is 11.9 Å². The molecule has 0 saturated heterocycles. The number of carbonyl (C=O) groups is 1. The lowest BCUT2D eigenvalue weighted by Gasteiger charge is -2.58. The minimum Gasteiger partial charge on any atom is -0.495 e. The number of rotatable bonds is 3. The van der Waals surface area contributed by atoms with Crippen LogP contribution in [0.3, 0.4) is 0 Å². The normalized spacial score (nSPS) is 37.7. The number of aliphatic hydroxyl groups is 1. The van der Waals surface area contributed by atoms with Gasteiger partial charge in [0, 0.05) is 6.04 Å². The Hall–Kier alpha value is -1.07. The van der Waals surface area contributed by atoms with E-state index in [1.54, 1.807) is 13.2 Å². The third kappa shape index (κ3) is 2.58. The van der Waals surface area contributed by atoms with E-state index in [0.717, 1.165) is 36.6 Å². The number of para-hydroxylation sites is 1. The molecule has 1 aromatic carbocycles. The van der Waals surface area contributed by atoms with Gasteiger partial charge in [0.15, 0.2) is 0 Å². The maximum Gasteiger partial charge on any atom is 0.255 e. The molecule has 1 aromatic rings. The molecule has 0 radical (unpaired) electrons. The molecule has 5 heteroatoms. The quantitative estimate of drug-likeness (QED) is 0.847. The molecular formula is C18H22BrNO3. The predicted octanol–water partition coefficient (Wildman–Crippen LogP) is 3.13. The van der Waals surface area contributed by atoms with Crippen molar-refractivity contribution in [2.75, 3.05) is 7.11 Å². The van der Waals surface area contributed by atoms with E-state index in [1.165, 1.54) is 0 Å². The number of halogens is 1. The van der Waals surface area contributed by atoms with Crippen LogP contribution in [0, 0.1) is 17.8 Å². The van der Waals surface area contributed by atoms with Crippen molar-refractivity contribution in [2.45, 2.75) is 43.7 Å². The summed E-state index contributed by atoms with van der Waals surface area (Å²) in [7, 11) is 1.58. The molecule has 0 spiro atoms. The smallest absolute Gasteiger partial charge is 0.255 e. The van der Waals surface area contributed by atoms with Gasteiger partial charge in [0.2, 0.25) is 0 Å². The van der Waals surface area contributed by atoms with Crippen LogP contribution in [-0.2, 0) is 0 Å². The fourth-order valence-electron chi connectivity index (χ4n) is 5.34. The van der Waals surface area contributed by atoms with Crippen molar-refractivity contribution in [3.63, 3.8) is 0 Å². The highest BCUT2D eigenvalue weighted by molar-refractivity contribution is 9.10. The zero-order chi connectivity index (χ0) is 16.2. The van der Waals surface area contributed by atoms with Crippen LogP contribution < -0.4 is 10.1 Å². The van der Waals surface area contributed by atoms with Crippen molar-refractivity contribution in [2.24, 2.45) is 17.8 Å². The monoisotopic (exact) mass is 379 g/mol. The van der Waals surface area contributed by atoms with Gasteiger partial charge in [-0.25, -0.2) is 0 Å². The van der Waals surface area contributed by atoms with Gasteiger partial charge < -0.3 is 15.2 Å². The molecule has 0 aliphatic heterocycles. The number of hydrogen-bond donors (Lipinski definition) is 2. The van der Waals surface area contributed by atoms with Crippen molar-refractivity contribution in [1.82, 2.24) is 5.32 Å². The highest BCUT2D eigenvalue weighted by Gasteiger charge is 2.55. The zero-order valence-corrected chi connectivity index (χ0v) is 14.8. The van der Waals surface area contributed by atoms with Crippen LogP contribution in [0.5, 0.6) is 5.75 Å². The van der Waals surface area contributed by atoms with Crippen LogP contribution in [0.2, 0.25) is 0 Å². The number of hydrogen-bond acceptors (Lipinski definition) is 3. The first-order valence-electron chi connectivity index (χ1n) is 8.35. The molecule has 23 heavy (non-hydrogen) atoms. The highest BCUT2D eigenvalue weighted by Crippen LogP contribution is 2.55. The minimum atomic E-state index is -0.467. The summed E-state index contributed by atoms with van der Waals surface area (Å²) in [4.78, 5) is 12.8. The summed E-state index contributed by atoms with van der Waals surface area (Å²) >= 11 is 3.43. The maximum absolute atomic E-state index is 12.8. The summed E-state index contributed by atoms with van der Waals surface area (Å²) in [6, 6.07) is 5.69. The number of benzene rings is 1. The van der Waals surface area contributed by atoms with Crippen molar-refractivity contribution < 1.29 is 14.6 Å². The third-order valence-electron chi connectivity index (χ3n) is 5.95. The molecule has 4 aliphatic rings. The number of amides is 1. The molecule has 1 amide bonds. The standard InChI is InChI=1S/C18H22BrNO3/c1-23-16-13(3-2-4-14(16)19)17(21)20-15-11-5-10-6-12(15)9-18(22,7-10)8-11/h2-4,10-12,15,22H,5-9H2,1H3,(H,20,21)/t10?,11?,12?,15-,18-. The van der Waals surface area contributed by atoms with E-state index in [2.05, 4.69) is 21.2 Å². The van der Waals surface area contributed by atoms with Crippen molar-refractivity contribution in [1.29, 1.82) is 0 Å². The van der Waals surface area contributed by atoms with Crippen molar-refractivity contribution >= 4 is 21.8 Å². The third-order valence-corrected chi connectivity index (χ3v) is 6.58. The van der Waals surface area contributed by atoms with Crippen LogP contribution in [-0.4, -0.2) is 29.8 Å². The van der Waals surface area contributed by atoms with Gasteiger partial charge in [-0.3, -0.25) is 4.79 Å². The second kappa shape index (κ2) is 5.49. The van der Waals surface area contributed by atoms with Gasteiger partial charge in [0.25, 0.3) is 5.91 Å². The average molecular weight is 380 g/mol. The Kier molecular flexibility index (Phi) is 3.69. The molecule has 4 saturated carbocycles. The number of methoxy groups -OCH3 is 1. The van der Waals surface area contributed by atoms with E-state index < -0.39 is 5.60 Å².